The van der Waals surface area contributed by atoms with E-state index in [9.17, 15) is 9.59 Å². The molecular weight excluding hydrogens is 416 g/mol. The highest BCUT2D eigenvalue weighted by atomic mass is 16.5. The summed E-state index contributed by atoms with van der Waals surface area (Å²) < 4.78 is 21.3. The second-order valence-corrected chi connectivity index (χ2v) is 7.39. The van der Waals surface area contributed by atoms with E-state index in [0.717, 1.165) is 6.42 Å². The molecule has 0 aliphatic heterocycles. The number of aromatic nitrogens is 2. The van der Waals surface area contributed by atoms with Crippen LogP contribution in [0.15, 0.2) is 45.5 Å². The standard InChI is InChI=1S/C22H26N4O6/c1-14(2)10-12-31-16-7-6-15(13-18(16)29-3)22(28)25-24-19(27)8-9-20-23-21(26-32-20)17-5-4-11-30-17/h4-7,11,13-14H,8-10,12H2,1-3H3,(H,24,27)(H,25,28). The minimum absolute atomic E-state index is 0.0476. The number of carbonyl (C=O) groups excluding carboxylic acids is 2. The van der Waals surface area contributed by atoms with E-state index in [1.807, 2.05) is 0 Å². The maximum atomic E-state index is 12.4. The van der Waals surface area contributed by atoms with Gasteiger partial charge in [-0.05, 0) is 42.7 Å². The van der Waals surface area contributed by atoms with Crippen molar-refractivity contribution in [3.8, 4) is 23.1 Å². The summed E-state index contributed by atoms with van der Waals surface area (Å²) in [7, 11) is 1.50. The van der Waals surface area contributed by atoms with Gasteiger partial charge in [0.05, 0.1) is 20.0 Å². The molecule has 0 atom stereocenters. The maximum Gasteiger partial charge on any atom is 0.269 e. The third kappa shape index (κ3) is 6.34. The van der Waals surface area contributed by atoms with Crippen molar-refractivity contribution >= 4 is 11.8 Å². The maximum absolute atomic E-state index is 12.4. The minimum Gasteiger partial charge on any atom is -0.493 e. The molecule has 0 fully saturated rings. The molecule has 0 saturated heterocycles. The second-order valence-electron chi connectivity index (χ2n) is 7.39. The lowest BCUT2D eigenvalue weighted by Gasteiger charge is -2.13. The first-order chi connectivity index (χ1) is 15.5. The van der Waals surface area contributed by atoms with Gasteiger partial charge in [0, 0.05) is 18.4 Å². The number of hydrazine groups is 1. The zero-order valence-electron chi connectivity index (χ0n) is 18.2. The number of nitrogens with one attached hydrogen (secondary N) is 2. The van der Waals surface area contributed by atoms with Crippen LogP contribution >= 0.6 is 0 Å². The van der Waals surface area contributed by atoms with E-state index in [2.05, 4.69) is 34.8 Å². The molecule has 170 valence electrons. The average molecular weight is 442 g/mol. The normalized spacial score (nSPS) is 10.8. The van der Waals surface area contributed by atoms with Crippen LogP contribution in [-0.4, -0.2) is 35.7 Å². The summed E-state index contributed by atoms with van der Waals surface area (Å²) >= 11 is 0. The quantitative estimate of drug-likeness (QED) is 0.458. The summed E-state index contributed by atoms with van der Waals surface area (Å²) in [4.78, 5) is 28.6. The van der Waals surface area contributed by atoms with Gasteiger partial charge in [-0.15, -0.1) is 0 Å². The number of hydrogen-bond donors (Lipinski definition) is 2. The number of benzene rings is 1. The highest BCUT2D eigenvalue weighted by molar-refractivity contribution is 5.96. The van der Waals surface area contributed by atoms with Crippen molar-refractivity contribution in [3.63, 3.8) is 0 Å². The van der Waals surface area contributed by atoms with Gasteiger partial charge in [0.15, 0.2) is 17.3 Å². The Balaban J connectivity index is 1.46. The number of amides is 2. The van der Waals surface area contributed by atoms with Gasteiger partial charge in [-0.1, -0.05) is 19.0 Å². The first-order valence-corrected chi connectivity index (χ1v) is 10.2. The van der Waals surface area contributed by atoms with Gasteiger partial charge in [-0.3, -0.25) is 20.4 Å². The monoisotopic (exact) mass is 442 g/mol. The average Bonchev–Trinajstić information content (AvgIpc) is 3.47. The van der Waals surface area contributed by atoms with Crippen molar-refractivity contribution < 1.29 is 28.0 Å². The molecular formula is C22H26N4O6. The summed E-state index contributed by atoms with van der Waals surface area (Å²) in [6.07, 6.45) is 2.67. The number of hydrogen-bond acceptors (Lipinski definition) is 8. The van der Waals surface area contributed by atoms with E-state index < -0.39 is 11.8 Å². The number of carbonyl (C=O) groups is 2. The van der Waals surface area contributed by atoms with Crippen LogP contribution in [0.4, 0.5) is 0 Å². The summed E-state index contributed by atoms with van der Waals surface area (Å²) in [5.74, 6) is 1.70. The first-order valence-electron chi connectivity index (χ1n) is 10.2. The Morgan fingerprint density at radius 3 is 2.72 bits per heavy atom. The van der Waals surface area contributed by atoms with Crippen molar-refractivity contribution in [2.75, 3.05) is 13.7 Å². The van der Waals surface area contributed by atoms with Crippen molar-refractivity contribution in [1.29, 1.82) is 0 Å². The van der Waals surface area contributed by atoms with E-state index in [1.54, 1.807) is 30.3 Å². The number of methoxy groups -OCH3 is 1. The van der Waals surface area contributed by atoms with Gasteiger partial charge in [0.1, 0.15) is 0 Å². The Hall–Kier alpha value is -3.82. The lowest BCUT2D eigenvalue weighted by molar-refractivity contribution is -0.121. The largest absolute Gasteiger partial charge is 0.493 e. The third-order valence-electron chi connectivity index (χ3n) is 4.47. The molecule has 0 aliphatic carbocycles. The first kappa shape index (κ1) is 22.9. The fraction of sp³-hybridized carbons (Fsp3) is 0.364. The van der Waals surface area contributed by atoms with Gasteiger partial charge in [-0.25, -0.2) is 0 Å². The van der Waals surface area contributed by atoms with E-state index in [0.29, 0.717) is 41.2 Å². The second kappa shape index (κ2) is 11.0. The molecule has 3 aromatic rings. The Kier molecular flexibility index (Phi) is 7.85. The Labute approximate surface area is 185 Å². The Morgan fingerprint density at radius 1 is 1.16 bits per heavy atom. The molecule has 3 rings (SSSR count). The Morgan fingerprint density at radius 2 is 2.00 bits per heavy atom. The fourth-order valence-corrected chi connectivity index (χ4v) is 2.68. The number of ether oxygens (including phenoxy) is 2. The molecule has 32 heavy (non-hydrogen) atoms. The van der Waals surface area contributed by atoms with Crippen molar-refractivity contribution in [2.45, 2.75) is 33.1 Å². The third-order valence-corrected chi connectivity index (χ3v) is 4.47. The number of aryl methyl sites for hydroxylation is 1. The van der Waals surface area contributed by atoms with Crippen LogP contribution in [0.2, 0.25) is 0 Å². The van der Waals surface area contributed by atoms with Crippen molar-refractivity contribution in [1.82, 2.24) is 21.0 Å². The smallest absolute Gasteiger partial charge is 0.269 e. The van der Waals surface area contributed by atoms with Crippen LogP contribution in [0.25, 0.3) is 11.6 Å². The molecule has 0 unspecified atom stereocenters. The number of nitrogens with zero attached hydrogens (tertiary/aromatic N) is 2. The zero-order valence-corrected chi connectivity index (χ0v) is 18.2. The highest BCUT2D eigenvalue weighted by Crippen LogP contribution is 2.28. The molecule has 0 radical (unpaired) electrons. The summed E-state index contributed by atoms with van der Waals surface area (Å²) in [6, 6.07) is 8.24. The van der Waals surface area contributed by atoms with Crippen LogP contribution in [0.3, 0.4) is 0 Å². The molecule has 0 spiro atoms. The van der Waals surface area contributed by atoms with Crippen LogP contribution in [0.5, 0.6) is 11.5 Å². The van der Waals surface area contributed by atoms with Crippen LogP contribution in [0, 0.1) is 5.92 Å². The molecule has 2 heterocycles. The molecule has 1 aromatic carbocycles. The predicted octanol–water partition coefficient (Wildman–Crippen LogP) is 3.16. The molecule has 10 heteroatoms. The predicted molar refractivity (Wildman–Crippen MR) is 114 cm³/mol. The van der Waals surface area contributed by atoms with E-state index >= 15 is 0 Å². The molecule has 0 aliphatic rings. The topological polar surface area (TPSA) is 129 Å². The highest BCUT2D eigenvalue weighted by Gasteiger charge is 2.14. The molecule has 2 N–H and O–H groups in total. The van der Waals surface area contributed by atoms with E-state index in [4.69, 9.17) is 18.4 Å². The summed E-state index contributed by atoms with van der Waals surface area (Å²) in [5.41, 5.74) is 5.06. The Bertz CT molecular complexity index is 1030. The van der Waals surface area contributed by atoms with Crippen LogP contribution < -0.4 is 20.3 Å². The molecule has 10 nitrogen and oxygen atoms in total. The van der Waals surface area contributed by atoms with Gasteiger partial charge < -0.3 is 18.4 Å². The van der Waals surface area contributed by atoms with Gasteiger partial charge in [0.25, 0.3) is 5.91 Å². The molecule has 2 aromatic heterocycles. The van der Waals surface area contributed by atoms with Gasteiger partial charge in [-0.2, -0.15) is 4.98 Å². The fourth-order valence-electron chi connectivity index (χ4n) is 2.68. The number of rotatable bonds is 10. The van der Waals surface area contributed by atoms with E-state index in [-0.39, 0.29) is 18.7 Å². The molecule has 2 amide bonds. The van der Waals surface area contributed by atoms with Gasteiger partial charge in [0.2, 0.25) is 17.6 Å². The molecule has 0 bridgehead atoms. The van der Waals surface area contributed by atoms with Crippen LogP contribution in [-0.2, 0) is 11.2 Å². The zero-order chi connectivity index (χ0) is 22.9. The summed E-state index contributed by atoms with van der Waals surface area (Å²) in [5, 5.41) is 3.80. The minimum atomic E-state index is -0.483. The van der Waals surface area contributed by atoms with Crippen molar-refractivity contribution in [2.24, 2.45) is 5.92 Å². The van der Waals surface area contributed by atoms with Crippen molar-refractivity contribution in [3.05, 3.63) is 48.0 Å². The lowest BCUT2D eigenvalue weighted by atomic mass is 10.1. The SMILES string of the molecule is COc1cc(C(=O)NNC(=O)CCc2nc(-c3ccco3)no2)ccc1OCCC(C)C. The van der Waals surface area contributed by atoms with Gasteiger partial charge >= 0.3 is 0 Å². The van der Waals surface area contributed by atoms with E-state index in [1.165, 1.54) is 13.4 Å². The lowest BCUT2D eigenvalue weighted by Crippen LogP contribution is -2.41. The number of furan rings is 1. The molecule has 0 saturated carbocycles. The van der Waals surface area contributed by atoms with Crippen LogP contribution in [0.1, 0.15) is 42.9 Å². The summed E-state index contributed by atoms with van der Waals surface area (Å²) in [6.45, 7) is 4.78.